The van der Waals surface area contributed by atoms with Crippen molar-refractivity contribution in [2.45, 2.75) is 65.9 Å². The molecule has 0 bridgehead atoms. The molecule has 6 rings (SSSR count). The largest absolute Gasteiger partial charge is 0.481 e. The highest BCUT2D eigenvalue weighted by molar-refractivity contribution is 6.01. The number of hydrogen-bond donors (Lipinski definition) is 2. The molecule has 38 heavy (non-hydrogen) atoms. The summed E-state index contributed by atoms with van der Waals surface area (Å²) < 4.78 is 0. The molecule has 4 fully saturated rings. The van der Waals surface area contributed by atoms with E-state index in [2.05, 4.69) is 62.9 Å². The number of nitrogens with zero attached hydrogens (tertiary/aromatic N) is 1. The van der Waals surface area contributed by atoms with Gasteiger partial charge in [-0.15, -0.1) is 0 Å². The number of aryl methyl sites for hydroxylation is 1. The molecule has 4 aliphatic carbocycles. The summed E-state index contributed by atoms with van der Waals surface area (Å²) in [5.41, 5.74) is 0.343. The zero-order valence-electron chi connectivity index (χ0n) is 23.3. The van der Waals surface area contributed by atoms with Crippen molar-refractivity contribution < 1.29 is 19.8 Å². The normalized spacial score (nSPS) is 45.7. The minimum Gasteiger partial charge on any atom is -0.481 e. The molecule has 0 spiro atoms. The van der Waals surface area contributed by atoms with Crippen LogP contribution < -0.4 is 0 Å². The number of aliphatic hydroxyl groups excluding tert-OH is 1. The molecule has 5 aliphatic rings. The number of allylic oxidation sites excluding steroid dienone is 4. The average Bonchev–Trinajstić information content (AvgIpc) is 3.36. The molecule has 9 atom stereocenters. The van der Waals surface area contributed by atoms with Crippen LogP contribution in [-0.4, -0.2) is 52.6 Å². The lowest BCUT2D eigenvalue weighted by Crippen LogP contribution is -2.66. The Bertz CT molecular complexity index is 1210. The van der Waals surface area contributed by atoms with E-state index >= 15 is 0 Å². The van der Waals surface area contributed by atoms with E-state index in [-0.39, 0.29) is 29.5 Å². The molecular weight excluding hydrogens is 474 g/mol. The summed E-state index contributed by atoms with van der Waals surface area (Å²) in [7, 11) is 0. The van der Waals surface area contributed by atoms with Crippen LogP contribution in [0.1, 0.15) is 58.9 Å². The lowest BCUT2D eigenvalue weighted by Gasteiger charge is -2.67. The molecular formula is C33H43NO4. The molecule has 1 saturated heterocycles. The van der Waals surface area contributed by atoms with Gasteiger partial charge >= 0.3 is 5.97 Å². The predicted molar refractivity (Wildman–Crippen MR) is 147 cm³/mol. The fourth-order valence-electron chi connectivity index (χ4n) is 10.4. The first-order valence-corrected chi connectivity index (χ1v) is 14.6. The number of carbonyl (C=O) groups excluding carboxylic acids is 1. The van der Waals surface area contributed by atoms with Crippen molar-refractivity contribution in [3.05, 3.63) is 59.7 Å². The van der Waals surface area contributed by atoms with Gasteiger partial charge in [-0.3, -0.25) is 9.59 Å². The highest BCUT2D eigenvalue weighted by atomic mass is 16.4. The number of benzene rings is 1. The van der Waals surface area contributed by atoms with Crippen molar-refractivity contribution in [3.63, 3.8) is 0 Å². The first-order valence-electron chi connectivity index (χ1n) is 14.6. The molecule has 5 nitrogen and oxygen atoms in total. The number of rotatable bonds is 5. The van der Waals surface area contributed by atoms with E-state index in [0.29, 0.717) is 13.0 Å². The first kappa shape index (κ1) is 26.0. The molecule has 1 aromatic rings. The first-order chi connectivity index (χ1) is 18.0. The number of carboxylic acid groups (broad SMARTS) is 1. The molecule has 0 amide bonds. The zero-order valence-corrected chi connectivity index (χ0v) is 23.3. The van der Waals surface area contributed by atoms with Crippen LogP contribution >= 0.6 is 0 Å². The van der Waals surface area contributed by atoms with Crippen molar-refractivity contribution in [1.29, 1.82) is 0 Å². The van der Waals surface area contributed by atoms with Gasteiger partial charge in [0.15, 0.2) is 5.78 Å². The second-order valence-electron chi connectivity index (χ2n) is 13.8. The summed E-state index contributed by atoms with van der Waals surface area (Å²) in [6.45, 7) is 11.2. The van der Waals surface area contributed by atoms with Gasteiger partial charge in [-0.25, -0.2) is 0 Å². The van der Waals surface area contributed by atoms with Gasteiger partial charge in [0.05, 0.1) is 11.5 Å². The van der Waals surface area contributed by atoms with Gasteiger partial charge in [0, 0.05) is 23.9 Å². The lowest BCUT2D eigenvalue weighted by molar-refractivity contribution is -0.201. The molecule has 0 aromatic heterocycles. The summed E-state index contributed by atoms with van der Waals surface area (Å²) >= 11 is 0. The number of carbonyl (C=O) groups is 2. The Morgan fingerprint density at radius 3 is 2.55 bits per heavy atom. The molecule has 3 saturated carbocycles. The fourth-order valence-corrected chi connectivity index (χ4v) is 10.4. The Morgan fingerprint density at radius 2 is 1.84 bits per heavy atom. The standard InChI is InChI=1S/C33H43NO4/c1-21-15-27-26-16-23-19-34(14-8-11-22-9-6-5-7-10-22)20-33(23,29(37)38)31(26,3)18-28(36)32(27,4)30(2)13-12-24(35)17-25(21)30/h5-7,9-10,12-13,17,21,23,26-28,36H,8,11,14-16,18-20H2,1-4H3,(H,37,38)/t21-,23-,26-,27-,28-,30-,31-,32+,33+/m0/s1. The molecule has 0 unspecified atom stereocenters. The topological polar surface area (TPSA) is 77.8 Å². The van der Waals surface area contributed by atoms with Crippen molar-refractivity contribution in [1.82, 2.24) is 4.90 Å². The van der Waals surface area contributed by atoms with E-state index in [0.717, 1.165) is 44.3 Å². The van der Waals surface area contributed by atoms with E-state index < -0.39 is 33.7 Å². The van der Waals surface area contributed by atoms with Gasteiger partial charge in [0.25, 0.3) is 0 Å². The number of hydrogen-bond acceptors (Lipinski definition) is 4. The second-order valence-corrected chi connectivity index (χ2v) is 13.8. The molecule has 2 N–H and O–H groups in total. The highest BCUT2D eigenvalue weighted by Gasteiger charge is 2.76. The number of likely N-dealkylation sites (tertiary alicyclic amines) is 1. The van der Waals surface area contributed by atoms with Crippen LogP contribution in [0.25, 0.3) is 0 Å². The monoisotopic (exact) mass is 517 g/mol. The van der Waals surface area contributed by atoms with Crippen LogP contribution in [0.3, 0.4) is 0 Å². The van der Waals surface area contributed by atoms with E-state index in [1.165, 1.54) is 5.56 Å². The smallest absolute Gasteiger partial charge is 0.311 e. The summed E-state index contributed by atoms with van der Waals surface area (Å²) in [5, 5.41) is 22.9. The van der Waals surface area contributed by atoms with Gasteiger partial charge in [0.2, 0.25) is 0 Å². The van der Waals surface area contributed by atoms with Crippen LogP contribution in [0.15, 0.2) is 54.1 Å². The van der Waals surface area contributed by atoms with Crippen LogP contribution in [0, 0.1) is 45.3 Å². The number of aliphatic carboxylic acids is 1. The third kappa shape index (κ3) is 3.24. The number of aliphatic hydroxyl groups is 1. The van der Waals surface area contributed by atoms with Crippen LogP contribution in [0.4, 0.5) is 0 Å². The third-order valence-corrected chi connectivity index (χ3v) is 12.5. The maximum atomic E-state index is 13.3. The van der Waals surface area contributed by atoms with Gasteiger partial charge in [-0.1, -0.05) is 69.7 Å². The van der Waals surface area contributed by atoms with Crippen molar-refractivity contribution in [2.75, 3.05) is 19.6 Å². The van der Waals surface area contributed by atoms with Crippen molar-refractivity contribution in [2.24, 2.45) is 45.3 Å². The Balaban J connectivity index is 1.30. The van der Waals surface area contributed by atoms with E-state index in [4.69, 9.17) is 0 Å². The van der Waals surface area contributed by atoms with Crippen molar-refractivity contribution >= 4 is 11.8 Å². The second kappa shape index (κ2) is 8.63. The number of ketones is 1. The van der Waals surface area contributed by atoms with Gasteiger partial charge in [0.1, 0.15) is 0 Å². The maximum absolute atomic E-state index is 13.3. The fraction of sp³-hybridized carbons (Fsp3) is 0.636. The Labute approximate surface area is 227 Å². The molecule has 1 heterocycles. The molecule has 204 valence electrons. The lowest BCUT2D eigenvalue weighted by atomic mass is 9.38. The van der Waals surface area contributed by atoms with E-state index in [1.807, 2.05) is 12.1 Å². The van der Waals surface area contributed by atoms with Crippen molar-refractivity contribution in [3.8, 4) is 0 Å². The maximum Gasteiger partial charge on any atom is 0.311 e. The minimum absolute atomic E-state index is 0.0362. The summed E-state index contributed by atoms with van der Waals surface area (Å²) in [5.74, 6) is 0.152. The SMILES string of the molecule is C[C@H]1C[C@H]2[C@@H]3C[C@H]4CN(CCCc5ccccc5)C[C@@]4(C(=O)O)[C@@]3(C)C[C@H](O)[C@]2(C)[C@@]2(C)C=CC(=O)C=C12. The zero-order chi connectivity index (χ0) is 27.1. The average molecular weight is 518 g/mol. The summed E-state index contributed by atoms with van der Waals surface area (Å²) in [6, 6.07) is 10.5. The number of carboxylic acids is 1. The predicted octanol–water partition coefficient (Wildman–Crippen LogP) is 5.15. The van der Waals surface area contributed by atoms with Gasteiger partial charge in [-0.2, -0.15) is 0 Å². The summed E-state index contributed by atoms with van der Waals surface area (Å²) in [4.78, 5) is 28.0. The third-order valence-electron chi connectivity index (χ3n) is 12.5. The van der Waals surface area contributed by atoms with Crippen LogP contribution in [0.5, 0.6) is 0 Å². The minimum atomic E-state index is -0.828. The molecule has 1 aromatic carbocycles. The Hall–Kier alpha value is -2.24. The highest BCUT2D eigenvalue weighted by Crippen LogP contribution is 2.76. The quantitative estimate of drug-likeness (QED) is 0.565. The molecule has 5 heteroatoms. The number of fused-ring (bicyclic) bond motifs is 7. The van der Waals surface area contributed by atoms with E-state index in [9.17, 15) is 19.8 Å². The summed E-state index contributed by atoms with van der Waals surface area (Å²) in [6.07, 6.45) is 9.25. The molecule has 0 radical (unpaired) electrons. The van der Waals surface area contributed by atoms with Gasteiger partial charge < -0.3 is 15.1 Å². The Morgan fingerprint density at radius 1 is 1.11 bits per heavy atom. The van der Waals surface area contributed by atoms with E-state index in [1.54, 1.807) is 6.08 Å². The molecule has 1 aliphatic heterocycles. The van der Waals surface area contributed by atoms with Gasteiger partial charge in [-0.05, 0) is 85.5 Å². The van der Waals surface area contributed by atoms with Crippen LogP contribution in [-0.2, 0) is 16.0 Å². The van der Waals surface area contributed by atoms with Crippen LogP contribution in [0.2, 0.25) is 0 Å². The Kier molecular flexibility index (Phi) is 5.91.